The molecule has 0 aliphatic heterocycles. The van der Waals surface area contributed by atoms with E-state index in [9.17, 15) is 4.79 Å². The number of thiazole rings is 1. The first kappa shape index (κ1) is 8.43. The number of hydrogen-bond acceptors (Lipinski definition) is 3. The maximum Gasteiger partial charge on any atom is 0.335 e. The first-order valence-electron chi connectivity index (χ1n) is 4.34. The lowest BCUT2D eigenvalue weighted by molar-refractivity contribution is 0.0697. The molecule has 0 saturated heterocycles. The van der Waals surface area contributed by atoms with E-state index >= 15 is 0 Å². The van der Waals surface area contributed by atoms with Crippen LogP contribution in [-0.4, -0.2) is 21.0 Å². The summed E-state index contributed by atoms with van der Waals surface area (Å²) in [5, 5.41) is 9.74. The molecule has 0 aliphatic rings. The van der Waals surface area contributed by atoms with Crippen LogP contribution < -0.4 is 0 Å². The zero-order chi connectivity index (χ0) is 10.4. The second-order valence-corrected chi connectivity index (χ2v) is 4.08. The second kappa shape index (κ2) is 2.80. The molecule has 0 unspecified atom stereocenters. The van der Waals surface area contributed by atoms with E-state index in [0.29, 0.717) is 0 Å². The number of hydrogen-bond donors (Lipinski definition) is 2. The van der Waals surface area contributed by atoms with Gasteiger partial charge in [0.25, 0.3) is 0 Å². The number of carboxylic acid groups (broad SMARTS) is 1. The number of benzene rings is 1. The van der Waals surface area contributed by atoms with Gasteiger partial charge in [-0.25, -0.2) is 9.78 Å². The Balaban J connectivity index is 2.44. The largest absolute Gasteiger partial charge is 0.478 e. The van der Waals surface area contributed by atoms with Crippen LogP contribution in [0.15, 0.2) is 23.7 Å². The monoisotopic (exact) mass is 218 g/mol. The minimum Gasteiger partial charge on any atom is -0.478 e. The fourth-order valence-electron chi connectivity index (χ4n) is 1.63. The van der Waals surface area contributed by atoms with Gasteiger partial charge in [0.2, 0.25) is 0 Å². The maximum absolute atomic E-state index is 10.8. The summed E-state index contributed by atoms with van der Waals surface area (Å²) in [4.78, 5) is 19.2. The summed E-state index contributed by atoms with van der Waals surface area (Å²) in [6.45, 7) is 0. The zero-order valence-electron chi connectivity index (χ0n) is 7.52. The molecular weight excluding hydrogens is 212 g/mol. The van der Waals surface area contributed by atoms with E-state index < -0.39 is 5.97 Å². The Labute approximate surface area is 88.2 Å². The Kier molecular flexibility index (Phi) is 1.58. The van der Waals surface area contributed by atoms with E-state index in [2.05, 4.69) is 9.97 Å². The van der Waals surface area contributed by atoms with E-state index in [4.69, 9.17) is 5.11 Å². The first-order valence-corrected chi connectivity index (χ1v) is 5.22. The molecule has 2 N–H and O–H groups in total. The van der Waals surface area contributed by atoms with Gasteiger partial charge in [-0.2, -0.15) is 0 Å². The van der Waals surface area contributed by atoms with Gasteiger partial charge in [0, 0.05) is 10.9 Å². The summed E-state index contributed by atoms with van der Waals surface area (Å²) in [6.07, 6.45) is 0. The van der Waals surface area contributed by atoms with Crippen molar-refractivity contribution in [1.29, 1.82) is 0 Å². The van der Waals surface area contributed by atoms with Crippen LogP contribution in [0.4, 0.5) is 0 Å². The molecule has 0 atom stereocenters. The Morgan fingerprint density at radius 1 is 1.47 bits per heavy atom. The van der Waals surface area contributed by atoms with Crippen LogP contribution in [0.3, 0.4) is 0 Å². The topological polar surface area (TPSA) is 66.0 Å². The van der Waals surface area contributed by atoms with E-state index in [1.807, 2.05) is 0 Å². The number of carboxylic acids is 1. The molecule has 0 fully saturated rings. The SMILES string of the molecule is O=C(O)c1ccc2[nH]c3scnc3c2c1. The lowest BCUT2D eigenvalue weighted by atomic mass is 10.1. The molecular formula is C10H6N2O2S. The van der Waals surface area contributed by atoms with E-state index in [0.717, 1.165) is 21.3 Å². The van der Waals surface area contributed by atoms with Crippen LogP contribution in [-0.2, 0) is 0 Å². The lowest BCUT2D eigenvalue weighted by Crippen LogP contribution is -1.94. The van der Waals surface area contributed by atoms with Gasteiger partial charge in [0.15, 0.2) is 0 Å². The van der Waals surface area contributed by atoms with Crippen LogP contribution in [0.1, 0.15) is 10.4 Å². The smallest absolute Gasteiger partial charge is 0.335 e. The van der Waals surface area contributed by atoms with E-state index in [-0.39, 0.29) is 5.56 Å². The number of carbonyl (C=O) groups is 1. The van der Waals surface area contributed by atoms with Gasteiger partial charge in [0.1, 0.15) is 10.3 Å². The van der Waals surface area contributed by atoms with Crippen molar-refractivity contribution in [3.63, 3.8) is 0 Å². The molecule has 0 bridgehead atoms. The third kappa shape index (κ3) is 1.13. The number of nitrogens with zero attached hydrogens (tertiary/aromatic N) is 1. The van der Waals surface area contributed by atoms with Gasteiger partial charge < -0.3 is 10.1 Å². The molecule has 2 heterocycles. The summed E-state index contributed by atoms with van der Waals surface area (Å²) in [5.41, 5.74) is 3.80. The van der Waals surface area contributed by atoms with E-state index in [1.165, 1.54) is 11.3 Å². The molecule has 74 valence electrons. The maximum atomic E-state index is 10.8. The molecule has 0 spiro atoms. The Hall–Kier alpha value is -1.88. The summed E-state index contributed by atoms with van der Waals surface area (Å²) >= 11 is 1.51. The van der Waals surface area contributed by atoms with Crippen molar-refractivity contribution >= 4 is 38.6 Å². The van der Waals surface area contributed by atoms with Gasteiger partial charge in [-0.3, -0.25) is 0 Å². The molecule has 0 aliphatic carbocycles. The van der Waals surface area contributed by atoms with Gasteiger partial charge in [0.05, 0.1) is 11.1 Å². The summed E-state index contributed by atoms with van der Waals surface area (Å²) in [7, 11) is 0. The molecule has 3 aromatic rings. The number of aromatic nitrogens is 2. The molecule has 3 rings (SSSR count). The van der Waals surface area contributed by atoms with Crippen molar-refractivity contribution in [2.24, 2.45) is 0 Å². The quantitative estimate of drug-likeness (QED) is 0.659. The fourth-order valence-corrected chi connectivity index (χ4v) is 2.34. The predicted octanol–water partition coefficient (Wildman–Crippen LogP) is 2.48. The van der Waals surface area contributed by atoms with Crippen molar-refractivity contribution in [2.45, 2.75) is 0 Å². The van der Waals surface area contributed by atoms with Crippen LogP contribution in [0.2, 0.25) is 0 Å². The number of H-pyrrole nitrogens is 1. The normalized spacial score (nSPS) is 11.2. The van der Waals surface area contributed by atoms with E-state index in [1.54, 1.807) is 23.7 Å². The predicted molar refractivity (Wildman–Crippen MR) is 58.4 cm³/mol. The van der Waals surface area contributed by atoms with Gasteiger partial charge in [-0.05, 0) is 18.2 Å². The Morgan fingerprint density at radius 2 is 2.33 bits per heavy atom. The summed E-state index contributed by atoms with van der Waals surface area (Å²) < 4.78 is 0. The molecule has 15 heavy (non-hydrogen) atoms. The zero-order valence-corrected chi connectivity index (χ0v) is 8.34. The minimum atomic E-state index is -0.915. The third-order valence-electron chi connectivity index (χ3n) is 2.34. The molecule has 0 saturated carbocycles. The fraction of sp³-hybridized carbons (Fsp3) is 0. The second-order valence-electron chi connectivity index (χ2n) is 3.22. The number of nitrogens with one attached hydrogen (secondary N) is 1. The number of fused-ring (bicyclic) bond motifs is 3. The average molecular weight is 218 g/mol. The van der Waals surface area contributed by atoms with Crippen molar-refractivity contribution in [3.8, 4) is 0 Å². The van der Waals surface area contributed by atoms with Crippen LogP contribution >= 0.6 is 11.3 Å². The number of aromatic amines is 1. The molecule has 2 aromatic heterocycles. The minimum absolute atomic E-state index is 0.288. The summed E-state index contributed by atoms with van der Waals surface area (Å²) in [6, 6.07) is 5.01. The number of rotatable bonds is 1. The van der Waals surface area contributed by atoms with Crippen molar-refractivity contribution in [2.75, 3.05) is 0 Å². The van der Waals surface area contributed by atoms with Crippen molar-refractivity contribution in [1.82, 2.24) is 9.97 Å². The van der Waals surface area contributed by atoms with Crippen molar-refractivity contribution < 1.29 is 9.90 Å². The highest BCUT2D eigenvalue weighted by molar-refractivity contribution is 7.16. The highest BCUT2D eigenvalue weighted by Crippen LogP contribution is 2.27. The van der Waals surface area contributed by atoms with Crippen molar-refractivity contribution in [3.05, 3.63) is 29.3 Å². The first-order chi connectivity index (χ1) is 7.25. The van der Waals surface area contributed by atoms with Crippen LogP contribution in [0.25, 0.3) is 21.3 Å². The summed E-state index contributed by atoms with van der Waals surface area (Å²) in [5.74, 6) is -0.915. The Morgan fingerprint density at radius 3 is 3.13 bits per heavy atom. The highest BCUT2D eigenvalue weighted by atomic mass is 32.1. The molecule has 0 radical (unpaired) electrons. The molecule has 5 heteroatoms. The molecule has 0 amide bonds. The molecule has 1 aromatic carbocycles. The van der Waals surface area contributed by atoms with Gasteiger partial charge in [-0.15, -0.1) is 11.3 Å². The van der Waals surface area contributed by atoms with Crippen LogP contribution in [0.5, 0.6) is 0 Å². The lowest BCUT2D eigenvalue weighted by Gasteiger charge is -1.93. The highest BCUT2D eigenvalue weighted by Gasteiger charge is 2.09. The Bertz CT molecular complexity index is 668. The average Bonchev–Trinajstić information content (AvgIpc) is 2.75. The molecule has 4 nitrogen and oxygen atoms in total. The van der Waals surface area contributed by atoms with Gasteiger partial charge >= 0.3 is 5.97 Å². The standard InChI is InChI=1S/C10H6N2O2S/c13-10(14)5-1-2-7-6(3-5)8-9(12-7)15-4-11-8/h1-4,12H,(H,13,14). The van der Waals surface area contributed by atoms with Crippen LogP contribution in [0, 0.1) is 0 Å². The van der Waals surface area contributed by atoms with Gasteiger partial charge in [-0.1, -0.05) is 0 Å². The number of aromatic carboxylic acids is 1. The third-order valence-corrected chi connectivity index (χ3v) is 3.08.